The van der Waals surface area contributed by atoms with Crippen molar-refractivity contribution in [2.24, 2.45) is 5.92 Å². The van der Waals surface area contributed by atoms with E-state index in [1.807, 2.05) is 0 Å². The fourth-order valence-corrected chi connectivity index (χ4v) is 3.17. The van der Waals surface area contributed by atoms with Gasteiger partial charge in [-0.3, -0.25) is 4.98 Å². The smallest absolute Gasteiger partial charge is 0.0708 e. The molecule has 0 unspecified atom stereocenters. The minimum Gasteiger partial charge on any atom is -0.312 e. The molecule has 1 N–H and O–H groups in total. The van der Waals surface area contributed by atoms with Crippen LogP contribution in [0.25, 0.3) is 10.9 Å². The van der Waals surface area contributed by atoms with Crippen LogP contribution in [0.4, 0.5) is 0 Å². The van der Waals surface area contributed by atoms with Crippen LogP contribution in [0.1, 0.15) is 36.9 Å². The standard InChI is InChI=1S/C17H22N2/c1-13-10-15(12-18-11-14-6-2-3-7-14)16-8-4-5-9-17(16)19-13/h4-5,8-10,14,18H,2-3,6-7,11-12H2,1H3. The lowest BCUT2D eigenvalue weighted by Crippen LogP contribution is -2.21. The first-order valence-electron chi connectivity index (χ1n) is 7.39. The Hall–Kier alpha value is -1.41. The van der Waals surface area contributed by atoms with Crippen molar-refractivity contribution in [3.8, 4) is 0 Å². The lowest BCUT2D eigenvalue weighted by molar-refractivity contribution is 0.490. The highest BCUT2D eigenvalue weighted by Gasteiger charge is 2.14. The van der Waals surface area contributed by atoms with Crippen LogP contribution >= 0.6 is 0 Å². The van der Waals surface area contributed by atoms with Gasteiger partial charge in [0.25, 0.3) is 0 Å². The van der Waals surface area contributed by atoms with Crippen molar-refractivity contribution in [2.45, 2.75) is 39.2 Å². The van der Waals surface area contributed by atoms with Gasteiger partial charge >= 0.3 is 0 Å². The largest absolute Gasteiger partial charge is 0.312 e. The summed E-state index contributed by atoms with van der Waals surface area (Å²) in [5.74, 6) is 0.897. The molecule has 2 heteroatoms. The fourth-order valence-electron chi connectivity index (χ4n) is 3.17. The molecule has 1 saturated carbocycles. The van der Waals surface area contributed by atoms with Gasteiger partial charge in [0.05, 0.1) is 5.52 Å². The van der Waals surface area contributed by atoms with Gasteiger partial charge in [0.1, 0.15) is 0 Å². The number of hydrogen-bond donors (Lipinski definition) is 1. The van der Waals surface area contributed by atoms with E-state index in [1.165, 1.54) is 36.6 Å². The number of aromatic nitrogens is 1. The topological polar surface area (TPSA) is 24.9 Å². The Balaban J connectivity index is 1.72. The van der Waals surface area contributed by atoms with E-state index in [0.29, 0.717) is 0 Å². The summed E-state index contributed by atoms with van der Waals surface area (Å²) >= 11 is 0. The van der Waals surface area contributed by atoms with Crippen LogP contribution in [0.2, 0.25) is 0 Å². The molecule has 2 aromatic rings. The Morgan fingerprint density at radius 3 is 2.84 bits per heavy atom. The number of pyridine rings is 1. The molecule has 100 valence electrons. The molecule has 1 aromatic carbocycles. The molecule has 1 aliphatic carbocycles. The average Bonchev–Trinajstić information content (AvgIpc) is 2.91. The van der Waals surface area contributed by atoms with Gasteiger partial charge in [-0.15, -0.1) is 0 Å². The summed E-state index contributed by atoms with van der Waals surface area (Å²) in [6.07, 6.45) is 5.65. The molecule has 1 aromatic heterocycles. The van der Waals surface area contributed by atoms with Crippen LogP contribution in [0.3, 0.4) is 0 Å². The molecule has 0 atom stereocenters. The third kappa shape index (κ3) is 2.95. The van der Waals surface area contributed by atoms with Gasteiger partial charge in [-0.05, 0) is 49.9 Å². The van der Waals surface area contributed by atoms with Gasteiger partial charge in [0, 0.05) is 17.6 Å². The van der Waals surface area contributed by atoms with E-state index >= 15 is 0 Å². The molecule has 0 aliphatic heterocycles. The van der Waals surface area contributed by atoms with Gasteiger partial charge in [-0.1, -0.05) is 31.0 Å². The first-order valence-corrected chi connectivity index (χ1v) is 7.39. The number of nitrogens with one attached hydrogen (secondary N) is 1. The molecule has 1 heterocycles. The summed E-state index contributed by atoms with van der Waals surface area (Å²) in [7, 11) is 0. The van der Waals surface area contributed by atoms with Gasteiger partial charge < -0.3 is 5.32 Å². The molecule has 19 heavy (non-hydrogen) atoms. The van der Waals surface area contributed by atoms with Crippen molar-refractivity contribution >= 4 is 10.9 Å². The average molecular weight is 254 g/mol. The number of benzene rings is 1. The van der Waals surface area contributed by atoms with E-state index in [2.05, 4.69) is 47.6 Å². The number of nitrogens with zero attached hydrogens (tertiary/aromatic N) is 1. The van der Waals surface area contributed by atoms with E-state index in [0.717, 1.165) is 30.2 Å². The molecule has 0 amide bonds. The zero-order chi connectivity index (χ0) is 13.1. The van der Waals surface area contributed by atoms with Gasteiger partial charge in [-0.2, -0.15) is 0 Å². The van der Waals surface area contributed by atoms with Gasteiger partial charge in [-0.25, -0.2) is 0 Å². The van der Waals surface area contributed by atoms with E-state index < -0.39 is 0 Å². The maximum Gasteiger partial charge on any atom is 0.0708 e. The second kappa shape index (κ2) is 5.70. The minimum atomic E-state index is 0.897. The Labute approximate surface area is 115 Å². The third-order valence-corrected chi connectivity index (χ3v) is 4.15. The molecule has 3 rings (SSSR count). The summed E-state index contributed by atoms with van der Waals surface area (Å²) in [5.41, 5.74) is 3.60. The lowest BCUT2D eigenvalue weighted by atomic mass is 10.1. The zero-order valence-corrected chi connectivity index (χ0v) is 11.7. The highest BCUT2D eigenvalue weighted by Crippen LogP contribution is 2.24. The van der Waals surface area contributed by atoms with Crippen molar-refractivity contribution in [2.75, 3.05) is 6.54 Å². The molecule has 0 spiro atoms. The van der Waals surface area contributed by atoms with Crippen LogP contribution in [0.5, 0.6) is 0 Å². The Morgan fingerprint density at radius 1 is 1.21 bits per heavy atom. The first kappa shape index (κ1) is 12.6. The maximum atomic E-state index is 4.59. The summed E-state index contributed by atoms with van der Waals surface area (Å²) in [4.78, 5) is 4.59. The molecule has 1 aliphatic rings. The summed E-state index contributed by atoms with van der Waals surface area (Å²) in [6, 6.07) is 10.6. The monoisotopic (exact) mass is 254 g/mol. The van der Waals surface area contributed by atoms with Crippen molar-refractivity contribution in [1.82, 2.24) is 10.3 Å². The number of fused-ring (bicyclic) bond motifs is 1. The zero-order valence-electron chi connectivity index (χ0n) is 11.7. The predicted molar refractivity (Wildman–Crippen MR) is 80.1 cm³/mol. The Morgan fingerprint density at radius 2 is 2.00 bits per heavy atom. The lowest BCUT2D eigenvalue weighted by Gasteiger charge is -2.12. The molecule has 0 bridgehead atoms. The fraction of sp³-hybridized carbons (Fsp3) is 0.471. The van der Waals surface area contributed by atoms with Crippen LogP contribution in [-0.2, 0) is 6.54 Å². The molecular formula is C17H22N2. The van der Waals surface area contributed by atoms with Crippen molar-refractivity contribution in [3.63, 3.8) is 0 Å². The van der Waals surface area contributed by atoms with E-state index in [-0.39, 0.29) is 0 Å². The summed E-state index contributed by atoms with van der Waals surface area (Å²) in [5, 5.41) is 4.92. The second-order valence-electron chi connectivity index (χ2n) is 5.72. The number of rotatable bonds is 4. The molecule has 1 fully saturated rings. The summed E-state index contributed by atoms with van der Waals surface area (Å²) in [6.45, 7) is 4.20. The Kier molecular flexibility index (Phi) is 3.79. The van der Waals surface area contributed by atoms with Crippen LogP contribution < -0.4 is 5.32 Å². The van der Waals surface area contributed by atoms with Crippen LogP contribution in [-0.4, -0.2) is 11.5 Å². The second-order valence-corrected chi connectivity index (χ2v) is 5.72. The van der Waals surface area contributed by atoms with Crippen LogP contribution in [0.15, 0.2) is 30.3 Å². The molecule has 0 radical (unpaired) electrons. The quantitative estimate of drug-likeness (QED) is 0.897. The van der Waals surface area contributed by atoms with Gasteiger partial charge in [0.2, 0.25) is 0 Å². The van der Waals surface area contributed by atoms with Crippen molar-refractivity contribution < 1.29 is 0 Å². The number of para-hydroxylation sites is 1. The maximum absolute atomic E-state index is 4.59. The van der Waals surface area contributed by atoms with E-state index in [9.17, 15) is 0 Å². The van der Waals surface area contributed by atoms with Crippen molar-refractivity contribution in [3.05, 3.63) is 41.6 Å². The van der Waals surface area contributed by atoms with Crippen molar-refractivity contribution in [1.29, 1.82) is 0 Å². The molecule has 0 saturated heterocycles. The summed E-state index contributed by atoms with van der Waals surface area (Å²) < 4.78 is 0. The normalized spacial score (nSPS) is 16.3. The minimum absolute atomic E-state index is 0.897. The highest BCUT2D eigenvalue weighted by atomic mass is 14.9. The number of hydrogen-bond acceptors (Lipinski definition) is 2. The first-order chi connectivity index (χ1) is 9.33. The molecule has 2 nitrogen and oxygen atoms in total. The molecular weight excluding hydrogens is 232 g/mol. The SMILES string of the molecule is Cc1cc(CNCC2CCCC2)c2ccccc2n1. The number of aryl methyl sites for hydroxylation is 1. The van der Waals surface area contributed by atoms with E-state index in [4.69, 9.17) is 0 Å². The van der Waals surface area contributed by atoms with E-state index in [1.54, 1.807) is 0 Å². The Bertz CT molecular complexity index is 556. The third-order valence-electron chi connectivity index (χ3n) is 4.15. The highest BCUT2D eigenvalue weighted by molar-refractivity contribution is 5.82. The predicted octanol–water partition coefficient (Wildman–Crippen LogP) is 3.82. The van der Waals surface area contributed by atoms with Gasteiger partial charge in [0.15, 0.2) is 0 Å². The van der Waals surface area contributed by atoms with Crippen LogP contribution in [0, 0.1) is 12.8 Å².